The molecule has 26 heavy (non-hydrogen) atoms. The molecule has 0 aliphatic carbocycles. The van der Waals surface area contributed by atoms with Crippen LogP contribution in [0.5, 0.6) is 11.5 Å². The van der Waals surface area contributed by atoms with E-state index in [-0.39, 0.29) is 11.5 Å². The van der Waals surface area contributed by atoms with Gasteiger partial charge in [-0.1, -0.05) is 24.3 Å². The van der Waals surface area contributed by atoms with Crippen molar-refractivity contribution >= 4 is 11.0 Å². The number of hydrogen-bond donors (Lipinski definition) is 2. The highest BCUT2D eigenvalue weighted by molar-refractivity contribution is 5.97. The second kappa shape index (κ2) is 5.90. The molecule has 4 aromatic rings. The standard InChI is InChI=1S/C20H14N4O2/c1-12-15(10-21)19(13-7-8-17(25)18(26)9-13)16-11-22-24(20(16)23-12)14-5-3-2-4-6-14/h2-9,11,25-26H,1H3. The maximum Gasteiger partial charge on any atom is 0.163 e. The third-order valence-corrected chi connectivity index (χ3v) is 4.28. The summed E-state index contributed by atoms with van der Waals surface area (Å²) in [7, 11) is 0. The molecule has 2 aromatic carbocycles. The highest BCUT2D eigenvalue weighted by atomic mass is 16.3. The van der Waals surface area contributed by atoms with Crippen molar-refractivity contribution in [3.05, 3.63) is 66.0 Å². The summed E-state index contributed by atoms with van der Waals surface area (Å²) in [5.41, 5.74) is 3.71. The van der Waals surface area contributed by atoms with Crippen LogP contribution in [0, 0.1) is 18.3 Å². The average Bonchev–Trinajstić information content (AvgIpc) is 3.07. The van der Waals surface area contributed by atoms with Gasteiger partial charge in [-0.15, -0.1) is 0 Å². The second-order valence-electron chi connectivity index (χ2n) is 5.89. The van der Waals surface area contributed by atoms with Crippen molar-refractivity contribution in [3.8, 4) is 34.4 Å². The molecule has 0 saturated carbocycles. The molecule has 0 spiro atoms. The van der Waals surface area contributed by atoms with Gasteiger partial charge >= 0.3 is 0 Å². The van der Waals surface area contributed by atoms with Gasteiger partial charge in [-0.3, -0.25) is 0 Å². The monoisotopic (exact) mass is 342 g/mol. The van der Waals surface area contributed by atoms with E-state index in [9.17, 15) is 15.5 Å². The zero-order valence-corrected chi connectivity index (χ0v) is 13.9. The molecule has 2 heterocycles. The van der Waals surface area contributed by atoms with Gasteiger partial charge in [0.15, 0.2) is 17.1 Å². The van der Waals surface area contributed by atoms with Gasteiger partial charge in [0.05, 0.1) is 23.1 Å². The van der Waals surface area contributed by atoms with Gasteiger partial charge < -0.3 is 10.2 Å². The van der Waals surface area contributed by atoms with Gasteiger partial charge in [-0.2, -0.15) is 10.4 Å². The molecular weight excluding hydrogens is 328 g/mol. The number of aromatic hydroxyl groups is 2. The van der Waals surface area contributed by atoms with E-state index in [0.717, 1.165) is 5.69 Å². The molecule has 0 aliphatic heterocycles. The number of rotatable bonds is 2. The molecule has 0 unspecified atom stereocenters. The minimum Gasteiger partial charge on any atom is -0.504 e. The lowest BCUT2D eigenvalue weighted by Gasteiger charge is -2.10. The molecule has 0 bridgehead atoms. The molecule has 4 rings (SSSR count). The first-order chi connectivity index (χ1) is 12.6. The van der Waals surface area contributed by atoms with E-state index in [1.165, 1.54) is 12.1 Å². The smallest absolute Gasteiger partial charge is 0.163 e. The van der Waals surface area contributed by atoms with Gasteiger partial charge in [0, 0.05) is 10.9 Å². The third kappa shape index (κ3) is 2.34. The Balaban J connectivity index is 2.07. The molecule has 0 radical (unpaired) electrons. The van der Waals surface area contributed by atoms with Crippen LogP contribution >= 0.6 is 0 Å². The fraction of sp³-hybridized carbons (Fsp3) is 0.0500. The number of para-hydroxylation sites is 1. The van der Waals surface area contributed by atoms with Crippen LogP contribution in [0.2, 0.25) is 0 Å². The minimum absolute atomic E-state index is 0.214. The number of pyridine rings is 1. The number of nitrogens with zero attached hydrogens (tertiary/aromatic N) is 4. The Morgan fingerprint density at radius 2 is 1.81 bits per heavy atom. The van der Waals surface area contributed by atoms with Crippen molar-refractivity contribution < 1.29 is 10.2 Å². The van der Waals surface area contributed by atoms with Gasteiger partial charge in [-0.25, -0.2) is 9.67 Å². The Morgan fingerprint density at radius 1 is 1.04 bits per heavy atom. The summed E-state index contributed by atoms with van der Waals surface area (Å²) < 4.78 is 1.72. The van der Waals surface area contributed by atoms with E-state index in [1.54, 1.807) is 23.9 Å². The molecule has 126 valence electrons. The summed E-state index contributed by atoms with van der Waals surface area (Å²) in [4.78, 5) is 4.57. The molecule has 2 N–H and O–H groups in total. The lowest BCUT2D eigenvalue weighted by Crippen LogP contribution is -2.00. The molecular formula is C20H14N4O2. The van der Waals surface area contributed by atoms with Crippen molar-refractivity contribution in [2.24, 2.45) is 0 Å². The average molecular weight is 342 g/mol. The fourth-order valence-corrected chi connectivity index (χ4v) is 3.03. The Bertz CT molecular complexity index is 1170. The Kier molecular flexibility index (Phi) is 3.55. The number of phenols is 2. The van der Waals surface area contributed by atoms with E-state index >= 15 is 0 Å². The quantitative estimate of drug-likeness (QED) is 0.542. The predicted molar refractivity (Wildman–Crippen MR) is 97.1 cm³/mol. The van der Waals surface area contributed by atoms with Crippen LogP contribution in [0.15, 0.2) is 54.7 Å². The van der Waals surface area contributed by atoms with Gasteiger partial charge in [0.25, 0.3) is 0 Å². The molecule has 0 aliphatic rings. The van der Waals surface area contributed by atoms with E-state index < -0.39 is 0 Å². The number of aromatic nitrogens is 3. The van der Waals surface area contributed by atoms with E-state index in [4.69, 9.17) is 0 Å². The van der Waals surface area contributed by atoms with Crippen molar-refractivity contribution in [3.63, 3.8) is 0 Å². The normalized spacial score (nSPS) is 10.8. The Morgan fingerprint density at radius 3 is 2.50 bits per heavy atom. The second-order valence-corrected chi connectivity index (χ2v) is 5.89. The lowest BCUT2D eigenvalue weighted by molar-refractivity contribution is 0.404. The molecule has 6 nitrogen and oxygen atoms in total. The first kappa shape index (κ1) is 15.7. The molecule has 0 atom stereocenters. The van der Waals surface area contributed by atoms with Gasteiger partial charge in [0.2, 0.25) is 0 Å². The van der Waals surface area contributed by atoms with Gasteiger partial charge in [0.1, 0.15) is 6.07 Å². The van der Waals surface area contributed by atoms with Crippen molar-refractivity contribution in [2.75, 3.05) is 0 Å². The zero-order chi connectivity index (χ0) is 18.3. The zero-order valence-electron chi connectivity index (χ0n) is 13.9. The Hall–Kier alpha value is -3.85. The van der Waals surface area contributed by atoms with E-state index in [0.29, 0.717) is 33.4 Å². The fourth-order valence-electron chi connectivity index (χ4n) is 3.03. The SMILES string of the molecule is Cc1nc2c(cnn2-c2ccccc2)c(-c2ccc(O)c(O)c2)c1C#N. The summed E-state index contributed by atoms with van der Waals surface area (Å²) in [6.07, 6.45) is 1.66. The summed E-state index contributed by atoms with van der Waals surface area (Å²) in [5.74, 6) is -0.460. The summed E-state index contributed by atoms with van der Waals surface area (Å²) in [6, 6.07) is 16.3. The topological polar surface area (TPSA) is 95.0 Å². The first-order valence-electron chi connectivity index (χ1n) is 7.96. The molecule has 0 fully saturated rings. The summed E-state index contributed by atoms with van der Waals surface area (Å²) >= 11 is 0. The largest absolute Gasteiger partial charge is 0.504 e. The molecule has 6 heteroatoms. The predicted octanol–water partition coefficient (Wildman–Crippen LogP) is 3.68. The van der Waals surface area contributed by atoms with Crippen LogP contribution in [0.1, 0.15) is 11.3 Å². The number of nitriles is 1. The lowest BCUT2D eigenvalue weighted by atomic mass is 9.97. The van der Waals surface area contributed by atoms with Gasteiger partial charge in [-0.05, 0) is 36.8 Å². The minimum atomic E-state index is -0.246. The maximum absolute atomic E-state index is 9.88. The van der Waals surface area contributed by atoms with Crippen molar-refractivity contribution in [1.29, 1.82) is 5.26 Å². The molecule has 0 amide bonds. The van der Waals surface area contributed by atoms with Crippen molar-refractivity contribution in [2.45, 2.75) is 6.92 Å². The summed E-state index contributed by atoms with van der Waals surface area (Å²) in [6.45, 7) is 1.77. The van der Waals surface area contributed by atoms with E-state index in [2.05, 4.69) is 16.2 Å². The highest BCUT2D eigenvalue weighted by Gasteiger charge is 2.19. The van der Waals surface area contributed by atoms with Crippen LogP contribution in [-0.4, -0.2) is 25.0 Å². The van der Waals surface area contributed by atoms with E-state index in [1.807, 2.05) is 30.3 Å². The first-order valence-corrected chi connectivity index (χ1v) is 7.96. The molecule has 0 saturated heterocycles. The van der Waals surface area contributed by atoms with Crippen molar-refractivity contribution in [1.82, 2.24) is 14.8 Å². The number of hydrogen-bond acceptors (Lipinski definition) is 5. The van der Waals surface area contributed by atoms with Crippen LogP contribution in [0.25, 0.3) is 27.8 Å². The third-order valence-electron chi connectivity index (χ3n) is 4.28. The van der Waals surface area contributed by atoms with Crippen LogP contribution < -0.4 is 0 Å². The number of fused-ring (bicyclic) bond motifs is 1. The molecule has 2 aromatic heterocycles. The number of benzene rings is 2. The van der Waals surface area contributed by atoms with Crippen LogP contribution in [-0.2, 0) is 0 Å². The number of phenolic OH excluding ortho intramolecular Hbond substituents is 2. The van der Waals surface area contributed by atoms with Crippen LogP contribution in [0.4, 0.5) is 0 Å². The highest BCUT2D eigenvalue weighted by Crippen LogP contribution is 2.37. The number of aryl methyl sites for hydroxylation is 1. The van der Waals surface area contributed by atoms with Crippen LogP contribution in [0.3, 0.4) is 0 Å². The maximum atomic E-state index is 9.88. The Labute approximate surface area is 149 Å². The summed E-state index contributed by atoms with van der Waals surface area (Å²) in [5, 5.41) is 34.2.